The van der Waals surface area contributed by atoms with Crippen LogP contribution < -0.4 is 10.2 Å². The minimum atomic E-state index is -2.57. The normalized spacial score (nSPS) is 18.4. The van der Waals surface area contributed by atoms with Crippen LogP contribution in [0.15, 0.2) is 18.3 Å². The monoisotopic (exact) mass is 413 g/mol. The maximum Gasteiger partial charge on any atom is 0.280 e. The molecule has 0 unspecified atom stereocenters. The van der Waals surface area contributed by atoms with Gasteiger partial charge in [-0.1, -0.05) is 0 Å². The SMILES string of the molecule is Cc1c2c(nc3c1CN(C(=O)CC1CN(c4ccnc(C(F)F)c4)C1)C3)CNCC2. The van der Waals surface area contributed by atoms with E-state index in [4.69, 9.17) is 4.98 Å². The van der Waals surface area contributed by atoms with Gasteiger partial charge in [0.2, 0.25) is 5.91 Å². The second-order valence-electron chi connectivity index (χ2n) is 8.48. The van der Waals surface area contributed by atoms with Gasteiger partial charge in [0.25, 0.3) is 6.43 Å². The Hall–Kier alpha value is -2.61. The van der Waals surface area contributed by atoms with Crippen LogP contribution in [0.4, 0.5) is 14.5 Å². The lowest BCUT2D eigenvalue weighted by Gasteiger charge is -2.41. The zero-order chi connectivity index (χ0) is 20.8. The molecular weight excluding hydrogens is 388 g/mol. The lowest BCUT2D eigenvalue weighted by molar-refractivity contribution is -0.133. The molecule has 0 atom stereocenters. The molecule has 0 radical (unpaired) electrons. The Balaban J connectivity index is 1.19. The molecule has 0 spiro atoms. The maximum absolute atomic E-state index is 12.9. The van der Waals surface area contributed by atoms with Gasteiger partial charge < -0.3 is 15.1 Å². The lowest BCUT2D eigenvalue weighted by atomic mass is 9.95. The molecule has 1 amide bonds. The van der Waals surface area contributed by atoms with Crippen LogP contribution in [0.25, 0.3) is 0 Å². The summed E-state index contributed by atoms with van der Waals surface area (Å²) in [5, 5.41) is 3.37. The number of carbonyl (C=O) groups excluding carboxylic acids is 1. The molecule has 3 aliphatic rings. The highest BCUT2D eigenvalue weighted by Crippen LogP contribution is 2.32. The third-order valence-electron chi connectivity index (χ3n) is 6.53. The highest BCUT2D eigenvalue weighted by Gasteiger charge is 2.34. The minimum absolute atomic E-state index is 0.149. The van der Waals surface area contributed by atoms with Crippen LogP contribution in [0, 0.1) is 12.8 Å². The van der Waals surface area contributed by atoms with Crippen molar-refractivity contribution in [3.63, 3.8) is 0 Å². The summed E-state index contributed by atoms with van der Waals surface area (Å²) in [7, 11) is 0. The van der Waals surface area contributed by atoms with E-state index in [9.17, 15) is 13.6 Å². The van der Waals surface area contributed by atoms with Crippen molar-refractivity contribution in [2.75, 3.05) is 24.5 Å². The molecule has 0 aromatic carbocycles. The zero-order valence-corrected chi connectivity index (χ0v) is 17.0. The first kappa shape index (κ1) is 19.4. The van der Waals surface area contributed by atoms with E-state index >= 15 is 0 Å². The van der Waals surface area contributed by atoms with Crippen LogP contribution in [0.2, 0.25) is 0 Å². The highest BCUT2D eigenvalue weighted by molar-refractivity contribution is 5.77. The molecule has 1 saturated heterocycles. The number of anilines is 1. The van der Waals surface area contributed by atoms with E-state index in [0.29, 0.717) is 32.6 Å². The number of nitrogens with zero attached hydrogens (tertiary/aromatic N) is 4. The van der Waals surface area contributed by atoms with E-state index in [1.165, 1.54) is 29.0 Å². The Morgan fingerprint density at radius 1 is 1.27 bits per heavy atom. The quantitative estimate of drug-likeness (QED) is 0.835. The summed E-state index contributed by atoms with van der Waals surface area (Å²) in [5.41, 5.74) is 6.57. The molecular formula is C22H25F2N5O. The fourth-order valence-corrected chi connectivity index (χ4v) is 4.79. The van der Waals surface area contributed by atoms with Gasteiger partial charge in [0.15, 0.2) is 0 Å². The summed E-state index contributed by atoms with van der Waals surface area (Å²) in [4.78, 5) is 25.4. The van der Waals surface area contributed by atoms with E-state index in [1.54, 1.807) is 6.07 Å². The number of hydrogen-bond acceptors (Lipinski definition) is 5. The summed E-state index contributed by atoms with van der Waals surface area (Å²) in [6.45, 7) is 6.58. The molecule has 0 aliphatic carbocycles. The van der Waals surface area contributed by atoms with Gasteiger partial charge in [-0.3, -0.25) is 14.8 Å². The van der Waals surface area contributed by atoms with Crippen LogP contribution in [-0.2, 0) is 30.8 Å². The molecule has 2 aromatic rings. The standard InChI is InChI=1S/C22H25F2N5O/c1-13-16-3-4-25-8-19(16)27-20-12-29(11-17(13)20)21(30)6-14-9-28(10-14)15-2-5-26-18(7-15)22(23)24/h2,5,7,14,22,25H,3-4,6,8-12H2,1H3. The molecule has 5 rings (SSSR count). The molecule has 1 N–H and O–H groups in total. The first-order valence-corrected chi connectivity index (χ1v) is 10.5. The fourth-order valence-electron chi connectivity index (χ4n) is 4.79. The average molecular weight is 413 g/mol. The number of rotatable bonds is 4. The summed E-state index contributed by atoms with van der Waals surface area (Å²) in [6, 6.07) is 3.18. The number of amides is 1. The van der Waals surface area contributed by atoms with E-state index in [1.807, 2.05) is 9.80 Å². The number of aromatic nitrogens is 2. The highest BCUT2D eigenvalue weighted by atomic mass is 19.3. The van der Waals surface area contributed by atoms with Crippen molar-refractivity contribution in [1.82, 2.24) is 20.2 Å². The minimum Gasteiger partial charge on any atom is -0.371 e. The predicted molar refractivity (Wildman–Crippen MR) is 108 cm³/mol. The number of carbonyl (C=O) groups is 1. The van der Waals surface area contributed by atoms with Crippen molar-refractivity contribution in [2.45, 2.75) is 45.8 Å². The topological polar surface area (TPSA) is 61.4 Å². The lowest BCUT2D eigenvalue weighted by Crippen LogP contribution is -2.48. The number of halogens is 2. The van der Waals surface area contributed by atoms with Crippen molar-refractivity contribution in [3.05, 3.63) is 52.1 Å². The number of nitrogens with one attached hydrogen (secondary N) is 1. The molecule has 158 valence electrons. The number of alkyl halides is 2. The molecule has 8 heteroatoms. The Morgan fingerprint density at radius 2 is 2.10 bits per heavy atom. The Kier molecular flexibility index (Phi) is 4.89. The first-order valence-electron chi connectivity index (χ1n) is 10.5. The third-order valence-corrected chi connectivity index (χ3v) is 6.53. The van der Waals surface area contributed by atoms with Crippen LogP contribution in [0.5, 0.6) is 0 Å². The second kappa shape index (κ2) is 7.58. The summed E-state index contributed by atoms with van der Waals surface area (Å²) in [5.74, 6) is 0.395. The third kappa shape index (κ3) is 3.43. The van der Waals surface area contributed by atoms with Crippen LogP contribution >= 0.6 is 0 Å². The number of hydrogen-bond donors (Lipinski definition) is 1. The van der Waals surface area contributed by atoms with Gasteiger partial charge in [-0.2, -0.15) is 0 Å². The Morgan fingerprint density at radius 3 is 2.90 bits per heavy atom. The van der Waals surface area contributed by atoms with Gasteiger partial charge in [0, 0.05) is 50.4 Å². The molecule has 0 saturated carbocycles. The van der Waals surface area contributed by atoms with Crippen LogP contribution in [-0.4, -0.2) is 40.4 Å². The molecule has 30 heavy (non-hydrogen) atoms. The van der Waals surface area contributed by atoms with E-state index in [-0.39, 0.29) is 17.5 Å². The molecule has 2 aromatic heterocycles. The fraction of sp³-hybridized carbons (Fsp3) is 0.500. The molecule has 3 aliphatic heterocycles. The van der Waals surface area contributed by atoms with E-state index in [0.717, 1.165) is 36.6 Å². The maximum atomic E-state index is 12.9. The van der Waals surface area contributed by atoms with Crippen LogP contribution in [0.3, 0.4) is 0 Å². The largest absolute Gasteiger partial charge is 0.371 e. The van der Waals surface area contributed by atoms with Gasteiger partial charge >= 0.3 is 0 Å². The van der Waals surface area contributed by atoms with Gasteiger partial charge in [-0.15, -0.1) is 0 Å². The van der Waals surface area contributed by atoms with E-state index < -0.39 is 6.43 Å². The summed E-state index contributed by atoms with van der Waals surface area (Å²) in [6.07, 6.45) is 0.327. The van der Waals surface area contributed by atoms with Crippen molar-refractivity contribution in [3.8, 4) is 0 Å². The Bertz CT molecular complexity index is 990. The Labute approximate surface area is 174 Å². The van der Waals surface area contributed by atoms with E-state index in [2.05, 4.69) is 17.2 Å². The van der Waals surface area contributed by atoms with Gasteiger partial charge in [0.1, 0.15) is 5.69 Å². The smallest absolute Gasteiger partial charge is 0.280 e. The van der Waals surface area contributed by atoms with Gasteiger partial charge in [-0.05, 0) is 48.7 Å². The average Bonchev–Trinajstić information content (AvgIpc) is 3.15. The molecule has 1 fully saturated rings. The molecule has 5 heterocycles. The first-order chi connectivity index (χ1) is 14.5. The van der Waals surface area contributed by atoms with Crippen LogP contribution in [0.1, 0.15) is 46.6 Å². The molecule has 6 nitrogen and oxygen atoms in total. The number of fused-ring (bicyclic) bond motifs is 2. The van der Waals surface area contributed by atoms with Crippen molar-refractivity contribution in [2.24, 2.45) is 5.92 Å². The van der Waals surface area contributed by atoms with Crippen molar-refractivity contribution >= 4 is 11.6 Å². The van der Waals surface area contributed by atoms with Gasteiger partial charge in [-0.25, -0.2) is 8.78 Å². The summed E-state index contributed by atoms with van der Waals surface area (Å²) >= 11 is 0. The van der Waals surface area contributed by atoms with Crippen molar-refractivity contribution < 1.29 is 13.6 Å². The number of pyridine rings is 2. The second-order valence-corrected chi connectivity index (χ2v) is 8.48. The predicted octanol–water partition coefficient (Wildman–Crippen LogP) is 2.74. The zero-order valence-electron chi connectivity index (χ0n) is 17.0. The van der Waals surface area contributed by atoms with Crippen molar-refractivity contribution in [1.29, 1.82) is 0 Å². The summed E-state index contributed by atoms with van der Waals surface area (Å²) < 4.78 is 25.7. The molecule has 0 bridgehead atoms. The van der Waals surface area contributed by atoms with Gasteiger partial charge in [0.05, 0.1) is 17.9 Å².